The normalized spacial score (nSPS) is 29.1. The number of rotatable bonds is 5. The van der Waals surface area contributed by atoms with Gasteiger partial charge in [0, 0.05) is 24.3 Å². The molecule has 0 amide bonds. The zero-order chi connectivity index (χ0) is 15.1. The van der Waals surface area contributed by atoms with Crippen LogP contribution in [0, 0.1) is 5.41 Å². The number of hydrogen-bond acceptors (Lipinski definition) is 4. The maximum absolute atomic E-state index is 12.0. The molecule has 0 radical (unpaired) electrons. The summed E-state index contributed by atoms with van der Waals surface area (Å²) in [6.07, 6.45) is 1.20. The van der Waals surface area contributed by atoms with E-state index < -0.39 is 20.5 Å². The van der Waals surface area contributed by atoms with Gasteiger partial charge in [0.2, 0.25) is 0 Å². The van der Waals surface area contributed by atoms with Gasteiger partial charge in [-0.25, -0.2) is 8.42 Å². The molecule has 1 aromatic rings. The molecule has 2 N–H and O–H groups in total. The summed E-state index contributed by atoms with van der Waals surface area (Å²) in [5.41, 5.74) is 5.85. The van der Waals surface area contributed by atoms with Crippen molar-refractivity contribution in [2.24, 2.45) is 11.1 Å². The predicted octanol–water partition coefficient (Wildman–Crippen LogP) is 1.77. The van der Waals surface area contributed by atoms with E-state index in [1.54, 1.807) is 24.3 Å². The van der Waals surface area contributed by atoms with E-state index in [0.717, 1.165) is 5.56 Å². The molecule has 0 unspecified atom stereocenters. The highest BCUT2D eigenvalue weighted by molar-refractivity contribution is 7.92. The van der Waals surface area contributed by atoms with Crippen molar-refractivity contribution in [1.82, 2.24) is 0 Å². The summed E-state index contributed by atoms with van der Waals surface area (Å²) in [5.74, 6) is -0.285. The highest BCUT2D eigenvalue weighted by Crippen LogP contribution is 2.63. The molecule has 4 nitrogen and oxygen atoms in total. The Kier molecular flexibility index (Phi) is 4.12. The molecular formula is C13H16ClNO3S2. The van der Waals surface area contributed by atoms with Gasteiger partial charge in [-0.3, -0.25) is 0 Å². The van der Waals surface area contributed by atoms with Crippen LogP contribution in [0.3, 0.4) is 0 Å². The molecule has 1 aliphatic rings. The van der Waals surface area contributed by atoms with E-state index >= 15 is 0 Å². The molecule has 2 rings (SSSR count). The fraction of sp³-hybridized carbons (Fsp3) is 0.462. The summed E-state index contributed by atoms with van der Waals surface area (Å²) in [6.45, 7) is 0.188. The zero-order valence-electron chi connectivity index (χ0n) is 11.2. The number of methoxy groups -OCH3 is 1. The van der Waals surface area contributed by atoms with Crippen LogP contribution >= 0.6 is 23.8 Å². The summed E-state index contributed by atoms with van der Waals surface area (Å²) < 4.78 is 29.3. The molecule has 0 spiro atoms. The van der Waals surface area contributed by atoms with Crippen molar-refractivity contribution in [2.45, 2.75) is 11.2 Å². The van der Waals surface area contributed by atoms with Crippen LogP contribution in [-0.2, 0) is 14.6 Å². The third-order valence-electron chi connectivity index (χ3n) is 3.79. The Hall–Kier alpha value is -0.690. The molecule has 20 heavy (non-hydrogen) atoms. The van der Waals surface area contributed by atoms with E-state index in [1.165, 1.54) is 13.4 Å². The van der Waals surface area contributed by atoms with Crippen LogP contribution in [0.5, 0.6) is 0 Å². The second-order valence-corrected chi connectivity index (χ2v) is 8.16. The van der Waals surface area contributed by atoms with Crippen molar-refractivity contribution in [2.75, 3.05) is 20.0 Å². The quantitative estimate of drug-likeness (QED) is 0.832. The highest BCUT2D eigenvalue weighted by atomic mass is 35.5. The summed E-state index contributed by atoms with van der Waals surface area (Å²) in [6, 6.07) is 7.07. The first kappa shape index (κ1) is 15.7. The lowest BCUT2D eigenvalue weighted by molar-refractivity contribution is 0.166. The molecule has 1 saturated carbocycles. The Balaban J connectivity index is 2.49. The highest BCUT2D eigenvalue weighted by Gasteiger charge is 2.71. The molecule has 3 atom stereocenters. The van der Waals surface area contributed by atoms with E-state index in [-0.39, 0.29) is 17.5 Å². The maximum Gasteiger partial charge on any atom is 0.152 e. The van der Waals surface area contributed by atoms with Gasteiger partial charge in [-0.15, -0.1) is 0 Å². The van der Waals surface area contributed by atoms with E-state index in [1.807, 2.05) is 0 Å². The minimum absolute atomic E-state index is 0.176. The van der Waals surface area contributed by atoms with Crippen molar-refractivity contribution in [3.8, 4) is 0 Å². The molecule has 0 aromatic heterocycles. The monoisotopic (exact) mass is 333 g/mol. The summed E-state index contributed by atoms with van der Waals surface area (Å²) >= 11 is 11.0. The van der Waals surface area contributed by atoms with Crippen LogP contribution in [0.4, 0.5) is 0 Å². The number of sulfone groups is 1. The predicted molar refractivity (Wildman–Crippen MR) is 83.9 cm³/mol. The third kappa shape index (κ3) is 2.45. The van der Waals surface area contributed by atoms with Crippen molar-refractivity contribution < 1.29 is 13.2 Å². The van der Waals surface area contributed by atoms with Gasteiger partial charge >= 0.3 is 0 Å². The number of hydrogen-bond donors (Lipinski definition) is 1. The second-order valence-electron chi connectivity index (χ2n) is 5.12. The smallest absolute Gasteiger partial charge is 0.152 e. The Morgan fingerprint density at radius 3 is 2.40 bits per heavy atom. The maximum atomic E-state index is 12.0. The molecule has 0 heterocycles. The second kappa shape index (κ2) is 5.26. The van der Waals surface area contributed by atoms with E-state index in [9.17, 15) is 8.42 Å². The van der Waals surface area contributed by atoms with Gasteiger partial charge in [-0.1, -0.05) is 36.0 Å². The first-order valence-electron chi connectivity index (χ1n) is 5.98. The van der Waals surface area contributed by atoms with Crippen LogP contribution in [0.15, 0.2) is 24.3 Å². The Morgan fingerprint density at radius 1 is 1.45 bits per heavy atom. The van der Waals surface area contributed by atoms with Gasteiger partial charge in [-0.2, -0.15) is 0 Å². The standard InChI is InChI=1S/C13H16ClNO3S2/c1-18-7-13(12(15)19)10(11(13)20(2,16)17)8-3-5-9(14)6-4-8/h3-6,10-11H,7H2,1-2H3,(H2,15,19)/t10-,11-,13+/m0/s1. The topological polar surface area (TPSA) is 69.4 Å². The molecule has 0 bridgehead atoms. The minimum Gasteiger partial charge on any atom is -0.393 e. The average molecular weight is 334 g/mol. The lowest BCUT2D eigenvalue weighted by Crippen LogP contribution is -2.32. The third-order valence-corrected chi connectivity index (χ3v) is 6.04. The fourth-order valence-corrected chi connectivity index (χ4v) is 5.39. The number of halogens is 1. The molecule has 1 aliphatic carbocycles. The number of ether oxygens (including phenoxy) is 1. The van der Waals surface area contributed by atoms with Crippen LogP contribution in [-0.4, -0.2) is 38.6 Å². The first-order valence-corrected chi connectivity index (χ1v) is 8.72. The molecule has 1 aromatic carbocycles. The van der Waals surface area contributed by atoms with Crippen LogP contribution in [0.1, 0.15) is 11.5 Å². The minimum atomic E-state index is -3.29. The van der Waals surface area contributed by atoms with Gasteiger partial charge in [-0.05, 0) is 17.7 Å². The van der Waals surface area contributed by atoms with Crippen molar-refractivity contribution in [1.29, 1.82) is 0 Å². The van der Waals surface area contributed by atoms with Gasteiger partial charge in [0.1, 0.15) is 0 Å². The van der Waals surface area contributed by atoms with Gasteiger partial charge in [0.25, 0.3) is 0 Å². The van der Waals surface area contributed by atoms with Crippen LogP contribution in [0.2, 0.25) is 5.02 Å². The van der Waals surface area contributed by atoms with E-state index in [0.29, 0.717) is 5.02 Å². The molecule has 0 aliphatic heterocycles. The Morgan fingerprint density at radius 2 is 2.00 bits per heavy atom. The zero-order valence-corrected chi connectivity index (χ0v) is 13.6. The van der Waals surface area contributed by atoms with Crippen molar-refractivity contribution >= 4 is 38.6 Å². The van der Waals surface area contributed by atoms with Crippen LogP contribution in [0.25, 0.3) is 0 Å². The van der Waals surface area contributed by atoms with Crippen LogP contribution < -0.4 is 5.73 Å². The Bertz CT molecular complexity index is 630. The molecule has 7 heteroatoms. The lowest BCUT2D eigenvalue weighted by Gasteiger charge is -2.15. The number of thiocarbonyl (C=S) groups is 1. The van der Waals surface area contributed by atoms with Crippen molar-refractivity contribution in [3.63, 3.8) is 0 Å². The number of benzene rings is 1. The van der Waals surface area contributed by atoms with Gasteiger partial charge in [0.05, 0.1) is 22.3 Å². The largest absolute Gasteiger partial charge is 0.393 e. The SMILES string of the molecule is COC[C@@]1(C(N)=S)[C@@H](c2ccc(Cl)cc2)[C@@H]1S(C)(=O)=O. The van der Waals surface area contributed by atoms with E-state index in [4.69, 9.17) is 34.3 Å². The Labute approximate surface area is 129 Å². The fourth-order valence-electron chi connectivity index (χ4n) is 2.95. The lowest BCUT2D eigenvalue weighted by atomic mass is 10.00. The summed E-state index contributed by atoms with van der Waals surface area (Å²) in [4.78, 5) is 0.176. The summed E-state index contributed by atoms with van der Waals surface area (Å²) in [5, 5.41) is -0.0494. The number of nitrogens with two attached hydrogens (primary N) is 1. The van der Waals surface area contributed by atoms with Gasteiger partial charge < -0.3 is 10.5 Å². The molecule has 0 saturated heterocycles. The first-order chi connectivity index (χ1) is 9.25. The molecule has 110 valence electrons. The average Bonchev–Trinajstić information content (AvgIpc) is 3.01. The summed E-state index contributed by atoms with van der Waals surface area (Å²) in [7, 11) is -1.78. The van der Waals surface area contributed by atoms with Gasteiger partial charge in [0.15, 0.2) is 9.84 Å². The molecule has 1 fully saturated rings. The van der Waals surface area contributed by atoms with E-state index in [2.05, 4.69) is 0 Å². The molecular weight excluding hydrogens is 318 g/mol. The van der Waals surface area contributed by atoms with Crippen molar-refractivity contribution in [3.05, 3.63) is 34.9 Å².